The monoisotopic (exact) mass is 428 g/mol. The average molecular weight is 429 g/mol. The van der Waals surface area contributed by atoms with Gasteiger partial charge in [0.1, 0.15) is 24.2 Å². The third-order valence-corrected chi connectivity index (χ3v) is 5.33. The van der Waals surface area contributed by atoms with Crippen molar-refractivity contribution in [2.45, 2.75) is 19.4 Å². The molecule has 0 saturated heterocycles. The minimum absolute atomic E-state index is 0.193. The molecular formula is C19H22ClFN2O4S. The van der Waals surface area contributed by atoms with Gasteiger partial charge in [0, 0.05) is 5.02 Å². The molecule has 152 valence electrons. The first-order valence-corrected chi connectivity index (χ1v) is 10.9. The van der Waals surface area contributed by atoms with E-state index in [1.54, 1.807) is 31.2 Å². The lowest BCUT2D eigenvalue weighted by molar-refractivity contribution is -0.122. The molecule has 0 aliphatic carbocycles. The first-order valence-electron chi connectivity index (χ1n) is 8.63. The number of ether oxygens (including phenoxy) is 1. The highest BCUT2D eigenvalue weighted by Crippen LogP contribution is 2.22. The predicted molar refractivity (Wildman–Crippen MR) is 108 cm³/mol. The summed E-state index contributed by atoms with van der Waals surface area (Å²) in [6.45, 7) is 2.11. The van der Waals surface area contributed by atoms with Gasteiger partial charge in [-0.05, 0) is 55.0 Å². The second-order valence-electron chi connectivity index (χ2n) is 6.05. The van der Waals surface area contributed by atoms with E-state index >= 15 is 0 Å². The summed E-state index contributed by atoms with van der Waals surface area (Å²) in [5.74, 6) is -0.347. The molecule has 0 heterocycles. The molecule has 2 aromatic carbocycles. The number of halogens is 2. The normalized spacial score (nSPS) is 12.3. The molecule has 0 fully saturated rings. The lowest BCUT2D eigenvalue weighted by Gasteiger charge is -2.30. The van der Waals surface area contributed by atoms with Gasteiger partial charge in [0.25, 0.3) is 0 Å². The fourth-order valence-electron chi connectivity index (χ4n) is 2.64. The third-order valence-electron chi connectivity index (χ3n) is 3.89. The van der Waals surface area contributed by atoms with Crippen LogP contribution in [0.25, 0.3) is 0 Å². The lowest BCUT2D eigenvalue weighted by Crippen LogP contribution is -2.50. The number of carbonyl (C=O) groups is 1. The fraction of sp³-hybridized carbons (Fsp3) is 0.316. The maximum Gasteiger partial charge on any atom is 0.244 e. The third kappa shape index (κ3) is 6.10. The number of nitrogens with zero attached hydrogens (tertiary/aromatic N) is 1. The molecule has 0 radical (unpaired) electrons. The minimum atomic E-state index is -3.76. The van der Waals surface area contributed by atoms with Crippen molar-refractivity contribution in [1.82, 2.24) is 5.32 Å². The van der Waals surface area contributed by atoms with Gasteiger partial charge >= 0.3 is 0 Å². The molecule has 2 rings (SSSR count). The largest absolute Gasteiger partial charge is 0.492 e. The van der Waals surface area contributed by atoms with Crippen molar-refractivity contribution in [1.29, 1.82) is 0 Å². The number of amides is 1. The standard InChI is InChI=1S/C19H22ClFN2O4S/c1-3-18(23(28(2,25)26)16-8-6-15(21)7-9-16)19(24)22-12-13-27-17-10-4-14(20)5-11-17/h4-11,18H,3,12-13H2,1-2H3,(H,22,24)/t18-/m1/s1. The van der Waals surface area contributed by atoms with Crippen LogP contribution in [0, 0.1) is 5.82 Å². The summed E-state index contributed by atoms with van der Waals surface area (Å²) >= 11 is 5.80. The molecule has 0 spiro atoms. The van der Waals surface area contributed by atoms with Crippen molar-refractivity contribution in [2.24, 2.45) is 0 Å². The quantitative estimate of drug-likeness (QED) is 0.622. The van der Waals surface area contributed by atoms with E-state index in [1.807, 2.05) is 0 Å². The SMILES string of the molecule is CC[C@H](C(=O)NCCOc1ccc(Cl)cc1)N(c1ccc(F)cc1)S(C)(=O)=O. The second kappa shape index (κ2) is 9.75. The van der Waals surface area contributed by atoms with Gasteiger partial charge in [-0.15, -0.1) is 0 Å². The summed E-state index contributed by atoms with van der Waals surface area (Å²) in [6, 6.07) is 10.8. The Morgan fingerprint density at radius 3 is 2.32 bits per heavy atom. The molecule has 9 heteroatoms. The Labute approximate surface area is 169 Å². The van der Waals surface area contributed by atoms with Crippen LogP contribution in [0.4, 0.5) is 10.1 Å². The molecule has 6 nitrogen and oxygen atoms in total. The average Bonchev–Trinajstić information content (AvgIpc) is 2.64. The van der Waals surface area contributed by atoms with Crippen LogP contribution in [0.5, 0.6) is 5.75 Å². The molecule has 0 aromatic heterocycles. The first-order chi connectivity index (χ1) is 13.2. The van der Waals surface area contributed by atoms with E-state index in [0.29, 0.717) is 10.8 Å². The maximum atomic E-state index is 13.2. The van der Waals surface area contributed by atoms with Gasteiger partial charge in [-0.2, -0.15) is 0 Å². The maximum absolute atomic E-state index is 13.2. The number of hydrogen-bond donors (Lipinski definition) is 1. The highest BCUT2D eigenvalue weighted by Gasteiger charge is 2.31. The van der Waals surface area contributed by atoms with Crippen molar-refractivity contribution in [3.05, 3.63) is 59.4 Å². The van der Waals surface area contributed by atoms with Crippen molar-refractivity contribution < 1.29 is 22.3 Å². The molecule has 2 aromatic rings. The number of nitrogens with one attached hydrogen (secondary N) is 1. The molecule has 0 aliphatic heterocycles. The summed E-state index contributed by atoms with van der Waals surface area (Å²) in [5, 5.41) is 3.27. The molecule has 1 atom stereocenters. The summed E-state index contributed by atoms with van der Waals surface area (Å²) in [5.41, 5.74) is 0.225. The second-order valence-corrected chi connectivity index (χ2v) is 8.35. The number of rotatable bonds is 9. The minimum Gasteiger partial charge on any atom is -0.492 e. The van der Waals surface area contributed by atoms with Gasteiger partial charge in [-0.1, -0.05) is 18.5 Å². The predicted octanol–water partition coefficient (Wildman–Crippen LogP) is 3.22. The number of anilines is 1. The fourth-order valence-corrected chi connectivity index (χ4v) is 3.98. The van der Waals surface area contributed by atoms with Gasteiger partial charge in [0.2, 0.25) is 15.9 Å². The topological polar surface area (TPSA) is 75.7 Å². The van der Waals surface area contributed by atoms with Crippen molar-refractivity contribution in [3.8, 4) is 5.75 Å². The Hall–Kier alpha value is -2.32. The van der Waals surface area contributed by atoms with E-state index in [0.717, 1.165) is 22.7 Å². The van der Waals surface area contributed by atoms with Gasteiger partial charge in [-0.3, -0.25) is 9.10 Å². The number of sulfonamides is 1. The van der Waals surface area contributed by atoms with Crippen LogP contribution < -0.4 is 14.4 Å². The molecule has 0 saturated carbocycles. The van der Waals surface area contributed by atoms with Crippen molar-refractivity contribution in [2.75, 3.05) is 23.7 Å². The van der Waals surface area contributed by atoms with E-state index < -0.39 is 27.8 Å². The van der Waals surface area contributed by atoms with E-state index in [4.69, 9.17) is 16.3 Å². The van der Waals surface area contributed by atoms with E-state index in [2.05, 4.69) is 5.32 Å². The molecule has 0 bridgehead atoms. The molecule has 0 unspecified atom stereocenters. The van der Waals surface area contributed by atoms with Crippen LogP contribution in [-0.2, 0) is 14.8 Å². The Kier molecular flexibility index (Phi) is 7.65. The zero-order valence-corrected chi connectivity index (χ0v) is 17.1. The van der Waals surface area contributed by atoms with Gasteiger partial charge in [-0.25, -0.2) is 12.8 Å². The summed E-state index contributed by atoms with van der Waals surface area (Å²) in [6.07, 6.45) is 1.25. The Morgan fingerprint density at radius 2 is 1.79 bits per heavy atom. The highest BCUT2D eigenvalue weighted by atomic mass is 35.5. The number of carbonyl (C=O) groups excluding carboxylic acids is 1. The zero-order valence-electron chi connectivity index (χ0n) is 15.6. The lowest BCUT2D eigenvalue weighted by atomic mass is 10.2. The Bertz CT molecular complexity index is 889. The zero-order chi connectivity index (χ0) is 20.7. The molecular weight excluding hydrogens is 407 g/mol. The van der Waals surface area contributed by atoms with Crippen LogP contribution in [-0.4, -0.2) is 39.8 Å². The van der Waals surface area contributed by atoms with E-state index in [1.165, 1.54) is 12.1 Å². The highest BCUT2D eigenvalue weighted by molar-refractivity contribution is 7.92. The van der Waals surface area contributed by atoms with Gasteiger partial charge < -0.3 is 10.1 Å². The summed E-state index contributed by atoms with van der Waals surface area (Å²) < 4.78 is 44.3. The van der Waals surface area contributed by atoms with Crippen molar-refractivity contribution in [3.63, 3.8) is 0 Å². The molecule has 0 aliphatic rings. The van der Waals surface area contributed by atoms with Crippen LogP contribution >= 0.6 is 11.6 Å². The van der Waals surface area contributed by atoms with Crippen LogP contribution in [0.3, 0.4) is 0 Å². The number of benzene rings is 2. The molecule has 1 N–H and O–H groups in total. The summed E-state index contributed by atoms with van der Waals surface area (Å²) in [7, 11) is -3.76. The van der Waals surface area contributed by atoms with Crippen molar-refractivity contribution >= 4 is 33.2 Å². The number of hydrogen-bond acceptors (Lipinski definition) is 4. The Morgan fingerprint density at radius 1 is 1.18 bits per heavy atom. The Balaban J connectivity index is 2.02. The van der Waals surface area contributed by atoms with Crippen LogP contribution in [0.15, 0.2) is 48.5 Å². The van der Waals surface area contributed by atoms with Crippen LogP contribution in [0.1, 0.15) is 13.3 Å². The van der Waals surface area contributed by atoms with Gasteiger partial charge in [0.05, 0.1) is 18.5 Å². The smallest absolute Gasteiger partial charge is 0.244 e. The first kappa shape index (κ1) is 22.0. The van der Waals surface area contributed by atoms with Gasteiger partial charge in [0.15, 0.2) is 0 Å². The molecule has 1 amide bonds. The van der Waals surface area contributed by atoms with E-state index in [-0.39, 0.29) is 25.3 Å². The molecule has 28 heavy (non-hydrogen) atoms. The van der Waals surface area contributed by atoms with E-state index in [9.17, 15) is 17.6 Å². The summed E-state index contributed by atoms with van der Waals surface area (Å²) in [4.78, 5) is 12.6. The van der Waals surface area contributed by atoms with Crippen LogP contribution in [0.2, 0.25) is 5.02 Å².